The van der Waals surface area contributed by atoms with Gasteiger partial charge in [0.25, 0.3) is 0 Å². The van der Waals surface area contributed by atoms with Gasteiger partial charge in [-0.05, 0) is 62.1 Å². The number of benzene rings is 2. The molecule has 6 nitrogen and oxygen atoms in total. The zero-order valence-corrected chi connectivity index (χ0v) is 17.6. The van der Waals surface area contributed by atoms with Crippen LogP contribution in [0.3, 0.4) is 0 Å². The molecule has 0 bridgehead atoms. The molecule has 0 radical (unpaired) electrons. The Labute approximate surface area is 173 Å². The van der Waals surface area contributed by atoms with Crippen molar-refractivity contribution in [3.05, 3.63) is 59.7 Å². The van der Waals surface area contributed by atoms with Gasteiger partial charge in [-0.3, -0.25) is 9.79 Å². The number of amides is 1. The molecule has 0 saturated carbocycles. The maximum Gasteiger partial charge on any atom is 0.220 e. The van der Waals surface area contributed by atoms with Crippen LogP contribution >= 0.6 is 0 Å². The van der Waals surface area contributed by atoms with E-state index >= 15 is 0 Å². The molecule has 0 aliphatic heterocycles. The Balaban J connectivity index is 1.72. The van der Waals surface area contributed by atoms with Crippen LogP contribution in [-0.4, -0.2) is 25.0 Å². The van der Waals surface area contributed by atoms with Crippen LogP contribution in [0.2, 0.25) is 0 Å². The molecule has 156 valence electrons. The fourth-order valence-electron chi connectivity index (χ4n) is 2.91. The van der Waals surface area contributed by atoms with Gasteiger partial charge in [0.15, 0.2) is 5.96 Å². The van der Waals surface area contributed by atoms with Gasteiger partial charge in [-0.25, -0.2) is 0 Å². The molecule has 1 amide bonds. The number of aryl methyl sites for hydroxylation is 1. The Bertz CT molecular complexity index is 803. The third-order valence-corrected chi connectivity index (χ3v) is 4.52. The standard InChI is InChI=1S/C23H32N4O2/c1-4-18-8-6-9-20(16-18)27-23(24)25-15-7-10-22(28)26-17(3)19-11-13-21(14-12-19)29-5-2/h6,8-9,11-14,16-17H,4-5,7,10,15H2,1-3H3,(H,26,28)(H3,24,25,27). The molecule has 0 aliphatic carbocycles. The van der Waals surface area contributed by atoms with Gasteiger partial charge in [0.1, 0.15) is 5.75 Å². The average molecular weight is 397 g/mol. The highest BCUT2D eigenvalue weighted by Crippen LogP contribution is 2.17. The van der Waals surface area contributed by atoms with Crippen molar-refractivity contribution in [1.29, 1.82) is 0 Å². The number of aliphatic imine (C=N–C) groups is 1. The second kappa shape index (κ2) is 11.7. The molecule has 2 aromatic carbocycles. The average Bonchev–Trinajstić information content (AvgIpc) is 2.72. The van der Waals surface area contributed by atoms with Crippen LogP contribution in [0.15, 0.2) is 53.5 Å². The minimum atomic E-state index is -0.0562. The van der Waals surface area contributed by atoms with Crippen LogP contribution in [0, 0.1) is 0 Å². The summed E-state index contributed by atoms with van der Waals surface area (Å²) >= 11 is 0. The molecular weight excluding hydrogens is 364 g/mol. The minimum absolute atomic E-state index is 0.00348. The SMILES string of the molecule is CCOc1ccc(C(C)NC(=O)CCCN=C(N)Nc2cccc(CC)c2)cc1. The number of nitrogens with zero attached hydrogens (tertiary/aromatic N) is 1. The molecule has 4 N–H and O–H groups in total. The first kappa shape index (κ1) is 22.3. The van der Waals surface area contributed by atoms with Gasteiger partial charge in [-0.2, -0.15) is 0 Å². The van der Waals surface area contributed by atoms with Crippen LogP contribution in [-0.2, 0) is 11.2 Å². The maximum atomic E-state index is 12.2. The van der Waals surface area contributed by atoms with Gasteiger partial charge < -0.3 is 21.1 Å². The van der Waals surface area contributed by atoms with E-state index in [9.17, 15) is 4.79 Å². The van der Waals surface area contributed by atoms with Crippen LogP contribution in [0.5, 0.6) is 5.75 Å². The minimum Gasteiger partial charge on any atom is -0.494 e. The summed E-state index contributed by atoms with van der Waals surface area (Å²) in [5.41, 5.74) is 9.14. The summed E-state index contributed by atoms with van der Waals surface area (Å²) < 4.78 is 5.44. The number of ether oxygens (including phenoxy) is 1. The summed E-state index contributed by atoms with van der Waals surface area (Å²) in [6.45, 7) is 7.17. The van der Waals surface area contributed by atoms with Gasteiger partial charge in [0.05, 0.1) is 12.6 Å². The highest BCUT2D eigenvalue weighted by Gasteiger charge is 2.09. The first-order chi connectivity index (χ1) is 14.0. The van der Waals surface area contributed by atoms with Crippen molar-refractivity contribution in [2.75, 3.05) is 18.5 Å². The maximum absolute atomic E-state index is 12.2. The van der Waals surface area contributed by atoms with Crippen LogP contribution < -0.4 is 21.1 Å². The van der Waals surface area contributed by atoms with Crippen molar-refractivity contribution in [2.45, 2.75) is 46.1 Å². The number of rotatable bonds is 10. The third kappa shape index (κ3) is 7.86. The fourth-order valence-corrected chi connectivity index (χ4v) is 2.91. The lowest BCUT2D eigenvalue weighted by molar-refractivity contribution is -0.121. The van der Waals surface area contributed by atoms with Gasteiger partial charge in [0.2, 0.25) is 5.91 Å². The Morgan fingerprint density at radius 3 is 2.62 bits per heavy atom. The van der Waals surface area contributed by atoms with Crippen molar-refractivity contribution in [2.24, 2.45) is 10.7 Å². The molecule has 29 heavy (non-hydrogen) atoms. The normalized spacial score (nSPS) is 12.3. The number of nitrogens with two attached hydrogens (primary N) is 1. The molecular formula is C23H32N4O2. The second-order valence-corrected chi connectivity index (χ2v) is 6.84. The van der Waals surface area contributed by atoms with Crippen molar-refractivity contribution in [3.63, 3.8) is 0 Å². The summed E-state index contributed by atoms with van der Waals surface area (Å²) in [6, 6.07) is 15.8. The summed E-state index contributed by atoms with van der Waals surface area (Å²) in [5.74, 6) is 1.20. The van der Waals surface area contributed by atoms with Crippen molar-refractivity contribution in [3.8, 4) is 5.75 Å². The van der Waals surface area contributed by atoms with E-state index in [-0.39, 0.29) is 11.9 Å². The lowest BCUT2D eigenvalue weighted by atomic mass is 10.1. The third-order valence-electron chi connectivity index (χ3n) is 4.52. The highest BCUT2D eigenvalue weighted by atomic mass is 16.5. The summed E-state index contributed by atoms with van der Waals surface area (Å²) in [5, 5.41) is 6.10. The van der Waals surface area contributed by atoms with Crippen LogP contribution in [0.1, 0.15) is 50.8 Å². The number of carbonyl (C=O) groups excluding carboxylic acids is 1. The first-order valence-corrected chi connectivity index (χ1v) is 10.2. The van der Waals surface area contributed by atoms with Crippen LogP contribution in [0.25, 0.3) is 0 Å². The highest BCUT2D eigenvalue weighted by molar-refractivity contribution is 5.92. The quantitative estimate of drug-likeness (QED) is 0.321. The Hall–Kier alpha value is -3.02. The second-order valence-electron chi connectivity index (χ2n) is 6.84. The number of carbonyl (C=O) groups is 1. The zero-order chi connectivity index (χ0) is 21.1. The molecule has 0 fully saturated rings. The molecule has 1 unspecified atom stereocenters. The topological polar surface area (TPSA) is 88.7 Å². The molecule has 1 atom stereocenters. The van der Waals surface area contributed by atoms with Crippen molar-refractivity contribution < 1.29 is 9.53 Å². The van der Waals surface area contributed by atoms with Crippen LogP contribution in [0.4, 0.5) is 5.69 Å². The van der Waals surface area contributed by atoms with Gasteiger partial charge in [-0.15, -0.1) is 0 Å². The number of guanidine groups is 1. The van der Waals surface area contributed by atoms with Crippen molar-refractivity contribution >= 4 is 17.6 Å². The predicted molar refractivity (Wildman–Crippen MR) is 119 cm³/mol. The van der Waals surface area contributed by atoms with E-state index in [0.717, 1.165) is 23.4 Å². The summed E-state index contributed by atoms with van der Waals surface area (Å²) in [7, 11) is 0. The van der Waals surface area contributed by atoms with E-state index in [4.69, 9.17) is 10.5 Å². The van der Waals surface area contributed by atoms with E-state index < -0.39 is 0 Å². The molecule has 0 spiro atoms. The molecule has 2 aromatic rings. The number of hydrogen-bond acceptors (Lipinski definition) is 3. The Kier molecular flexibility index (Phi) is 9.02. The van der Waals surface area contributed by atoms with E-state index in [1.807, 2.05) is 50.2 Å². The molecule has 0 aliphatic rings. The number of anilines is 1. The Morgan fingerprint density at radius 2 is 1.93 bits per heavy atom. The molecule has 0 aromatic heterocycles. The summed E-state index contributed by atoms with van der Waals surface area (Å²) in [4.78, 5) is 16.5. The monoisotopic (exact) mass is 396 g/mol. The smallest absolute Gasteiger partial charge is 0.220 e. The largest absolute Gasteiger partial charge is 0.494 e. The lowest BCUT2D eigenvalue weighted by Crippen LogP contribution is -2.26. The number of nitrogens with one attached hydrogen (secondary N) is 2. The van der Waals surface area contributed by atoms with E-state index in [1.165, 1.54) is 5.56 Å². The summed E-state index contributed by atoms with van der Waals surface area (Å²) in [6.07, 6.45) is 2.01. The van der Waals surface area contributed by atoms with Crippen molar-refractivity contribution in [1.82, 2.24) is 5.32 Å². The fraction of sp³-hybridized carbons (Fsp3) is 0.391. The first-order valence-electron chi connectivity index (χ1n) is 10.2. The Morgan fingerprint density at radius 1 is 1.17 bits per heavy atom. The van der Waals surface area contributed by atoms with Gasteiger partial charge >= 0.3 is 0 Å². The van der Waals surface area contributed by atoms with E-state index in [0.29, 0.717) is 32.0 Å². The van der Waals surface area contributed by atoms with E-state index in [2.05, 4.69) is 34.7 Å². The number of hydrogen-bond donors (Lipinski definition) is 3. The molecule has 0 saturated heterocycles. The zero-order valence-electron chi connectivity index (χ0n) is 17.6. The molecule has 6 heteroatoms. The van der Waals surface area contributed by atoms with E-state index in [1.54, 1.807) is 0 Å². The predicted octanol–water partition coefficient (Wildman–Crippen LogP) is 4.03. The van der Waals surface area contributed by atoms with Gasteiger partial charge in [-0.1, -0.05) is 31.2 Å². The van der Waals surface area contributed by atoms with Gasteiger partial charge in [0, 0.05) is 18.7 Å². The lowest BCUT2D eigenvalue weighted by Gasteiger charge is -2.15. The molecule has 0 heterocycles. The molecule has 2 rings (SSSR count).